The first-order valence-electron chi connectivity index (χ1n) is 5.02. The SMILES string of the molecule is COc1cccc2c1C1(CC1)NC(=O)N2. The number of carbonyl (C=O) groups is 1. The Morgan fingerprint density at radius 2 is 2.20 bits per heavy atom. The molecule has 1 aliphatic carbocycles. The van der Waals surface area contributed by atoms with Crippen LogP contribution in [0.5, 0.6) is 5.75 Å². The van der Waals surface area contributed by atoms with E-state index in [1.54, 1.807) is 7.11 Å². The Labute approximate surface area is 87.6 Å². The molecule has 4 nitrogen and oxygen atoms in total. The summed E-state index contributed by atoms with van der Waals surface area (Å²) in [5.41, 5.74) is 1.80. The fraction of sp³-hybridized carbons (Fsp3) is 0.364. The molecule has 1 aromatic rings. The number of ether oxygens (including phenoxy) is 1. The highest BCUT2D eigenvalue weighted by Crippen LogP contribution is 2.53. The summed E-state index contributed by atoms with van der Waals surface area (Å²) >= 11 is 0. The quantitative estimate of drug-likeness (QED) is 0.733. The van der Waals surface area contributed by atoms with Crippen molar-refractivity contribution >= 4 is 11.7 Å². The third kappa shape index (κ3) is 1.11. The van der Waals surface area contributed by atoms with Crippen LogP contribution in [0.2, 0.25) is 0 Å². The number of nitrogens with one attached hydrogen (secondary N) is 2. The van der Waals surface area contributed by atoms with E-state index in [0.29, 0.717) is 0 Å². The fourth-order valence-electron chi connectivity index (χ4n) is 2.23. The third-order valence-corrected chi connectivity index (χ3v) is 3.08. The minimum atomic E-state index is -0.162. The molecule has 1 heterocycles. The van der Waals surface area contributed by atoms with Crippen LogP contribution >= 0.6 is 0 Å². The summed E-state index contributed by atoms with van der Waals surface area (Å²) in [5.74, 6) is 0.845. The van der Waals surface area contributed by atoms with E-state index in [-0.39, 0.29) is 11.6 Å². The van der Waals surface area contributed by atoms with Gasteiger partial charge in [-0.2, -0.15) is 0 Å². The molecule has 1 aliphatic heterocycles. The minimum Gasteiger partial charge on any atom is -0.496 e. The van der Waals surface area contributed by atoms with Gasteiger partial charge in [-0.25, -0.2) is 4.79 Å². The Morgan fingerprint density at radius 1 is 1.40 bits per heavy atom. The van der Waals surface area contributed by atoms with Crippen LogP contribution in [0.15, 0.2) is 18.2 Å². The molecule has 0 unspecified atom stereocenters. The summed E-state index contributed by atoms with van der Waals surface area (Å²) < 4.78 is 5.33. The number of benzene rings is 1. The van der Waals surface area contributed by atoms with Crippen molar-refractivity contribution in [2.75, 3.05) is 12.4 Å². The maximum absolute atomic E-state index is 11.4. The predicted molar refractivity (Wildman–Crippen MR) is 56.1 cm³/mol. The van der Waals surface area contributed by atoms with Crippen LogP contribution < -0.4 is 15.4 Å². The second-order valence-corrected chi connectivity index (χ2v) is 4.04. The molecule has 15 heavy (non-hydrogen) atoms. The van der Waals surface area contributed by atoms with Crippen molar-refractivity contribution in [1.29, 1.82) is 0 Å². The molecular weight excluding hydrogens is 192 g/mol. The monoisotopic (exact) mass is 204 g/mol. The standard InChI is InChI=1S/C11H12N2O2/c1-15-8-4-2-3-7-9(8)11(5-6-11)13-10(14)12-7/h2-4H,5-6H2,1H3,(H2,12,13,14). The first kappa shape index (κ1) is 8.59. The van der Waals surface area contributed by atoms with Crippen LogP contribution in [0, 0.1) is 0 Å². The van der Waals surface area contributed by atoms with Gasteiger partial charge in [-0.05, 0) is 25.0 Å². The molecule has 2 amide bonds. The Hall–Kier alpha value is -1.71. The number of hydrogen-bond donors (Lipinski definition) is 2. The number of methoxy groups -OCH3 is 1. The van der Waals surface area contributed by atoms with Crippen molar-refractivity contribution in [3.8, 4) is 5.75 Å². The number of hydrogen-bond acceptors (Lipinski definition) is 2. The molecule has 1 fully saturated rings. The molecule has 3 rings (SSSR count). The van der Waals surface area contributed by atoms with Gasteiger partial charge in [0, 0.05) is 5.56 Å². The molecule has 1 aromatic carbocycles. The zero-order valence-electron chi connectivity index (χ0n) is 8.46. The van der Waals surface area contributed by atoms with Crippen LogP contribution in [0.3, 0.4) is 0 Å². The van der Waals surface area contributed by atoms with Gasteiger partial charge in [-0.1, -0.05) is 6.07 Å². The Morgan fingerprint density at radius 3 is 2.87 bits per heavy atom. The molecular formula is C11H12N2O2. The molecule has 0 atom stereocenters. The van der Waals surface area contributed by atoms with Crippen LogP contribution in [0.1, 0.15) is 18.4 Å². The lowest BCUT2D eigenvalue weighted by Crippen LogP contribution is -2.43. The van der Waals surface area contributed by atoms with Gasteiger partial charge in [0.2, 0.25) is 0 Å². The van der Waals surface area contributed by atoms with Crippen molar-refractivity contribution in [2.45, 2.75) is 18.4 Å². The average Bonchev–Trinajstić information content (AvgIpc) is 2.97. The van der Waals surface area contributed by atoms with E-state index < -0.39 is 0 Å². The highest BCUT2D eigenvalue weighted by Gasteiger charge is 2.51. The van der Waals surface area contributed by atoms with Crippen molar-refractivity contribution in [3.05, 3.63) is 23.8 Å². The lowest BCUT2D eigenvalue weighted by atomic mass is 9.99. The number of amides is 2. The molecule has 2 aliphatic rings. The van der Waals surface area contributed by atoms with Crippen molar-refractivity contribution < 1.29 is 9.53 Å². The van der Waals surface area contributed by atoms with Crippen molar-refractivity contribution in [2.24, 2.45) is 0 Å². The molecule has 0 bridgehead atoms. The maximum atomic E-state index is 11.4. The molecule has 78 valence electrons. The highest BCUT2D eigenvalue weighted by molar-refractivity contribution is 5.95. The highest BCUT2D eigenvalue weighted by atomic mass is 16.5. The average molecular weight is 204 g/mol. The van der Waals surface area contributed by atoms with Gasteiger partial charge in [0.1, 0.15) is 5.75 Å². The zero-order valence-corrected chi connectivity index (χ0v) is 8.46. The Bertz CT molecular complexity index is 438. The number of fused-ring (bicyclic) bond motifs is 2. The van der Waals surface area contributed by atoms with Crippen LogP contribution in [0.4, 0.5) is 10.5 Å². The van der Waals surface area contributed by atoms with Gasteiger partial charge in [-0.15, -0.1) is 0 Å². The van der Waals surface area contributed by atoms with E-state index in [2.05, 4.69) is 10.6 Å². The summed E-state index contributed by atoms with van der Waals surface area (Å²) in [6.07, 6.45) is 1.99. The summed E-state index contributed by atoms with van der Waals surface area (Å²) in [5, 5.41) is 5.77. The van der Waals surface area contributed by atoms with Crippen LogP contribution in [-0.4, -0.2) is 13.1 Å². The molecule has 1 spiro atoms. The fourth-order valence-corrected chi connectivity index (χ4v) is 2.23. The second-order valence-electron chi connectivity index (χ2n) is 4.04. The number of carbonyl (C=O) groups excluding carboxylic acids is 1. The number of urea groups is 1. The van der Waals surface area contributed by atoms with Gasteiger partial charge in [-0.3, -0.25) is 0 Å². The summed E-state index contributed by atoms with van der Waals surface area (Å²) in [6, 6.07) is 5.61. The molecule has 0 saturated heterocycles. The number of rotatable bonds is 1. The largest absolute Gasteiger partial charge is 0.496 e. The maximum Gasteiger partial charge on any atom is 0.319 e. The molecule has 1 saturated carbocycles. The van der Waals surface area contributed by atoms with E-state index >= 15 is 0 Å². The zero-order chi connectivity index (χ0) is 10.5. The van der Waals surface area contributed by atoms with Crippen LogP contribution in [-0.2, 0) is 5.54 Å². The summed E-state index contributed by atoms with van der Waals surface area (Å²) in [6.45, 7) is 0. The summed E-state index contributed by atoms with van der Waals surface area (Å²) in [4.78, 5) is 11.4. The molecule has 0 aromatic heterocycles. The topological polar surface area (TPSA) is 50.4 Å². The summed E-state index contributed by atoms with van der Waals surface area (Å²) in [7, 11) is 1.65. The van der Waals surface area contributed by atoms with E-state index in [9.17, 15) is 4.79 Å². The number of anilines is 1. The lowest BCUT2D eigenvalue weighted by Gasteiger charge is -2.28. The van der Waals surface area contributed by atoms with E-state index in [0.717, 1.165) is 29.8 Å². The van der Waals surface area contributed by atoms with Crippen molar-refractivity contribution in [3.63, 3.8) is 0 Å². The first-order chi connectivity index (χ1) is 7.25. The van der Waals surface area contributed by atoms with Gasteiger partial charge in [0.05, 0.1) is 18.3 Å². The van der Waals surface area contributed by atoms with Crippen LogP contribution in [0.25, 0.3) is 0 Å². The minimum absolute atomic E-state index is 0.117. The smallest absolute Gasteiger partial charge is 0.319 e. The van der Waals surface area contributed by atoms with E-state index in [4.69, 9.17) is 4.74 Å². The van der Waals surface area contributed by atoms with Gasteiger partial charge < -0.3 is 15.4 Å². The Kier molecular flexibility index (Phi) is 1.52. The third-order valence-electron chi connectivity index (χ3n) is 3.08. The second kappa shape index (κ2) is 2.66. The van der Waals surface area contributed by atoms with Crippen molar-refractivity contribution in [1.82, 2.24) is 5.32 Å². The van der Waals surface area contributed by atoms with Gasteiger partial charge >= 0.3 is 6.03 Å². The van der Waals surface area contributed by atoms with E-state index in [1.165, 1.54) is 0 Å². The Balaban J connectivity index is 2.20. The lowest BCUT2D eigenvalue weighted by molar-refractivity contribution is 0.245. The van der Waals surface area contributed by atoms with Gasteiger partial charge in [0.15, 0.2) is 0 Å². The van der Waals surface area contributed by atoms with Gasteiger partial charge in [0.25, 0.3) is 0 Å². The molecule has 2 N–H and O–H groups in total. The normalized spacial score (nSPS) is 20.2. The predicted octanol–water partition coefficient (Wildman–Crippen LogP) is 1.82. The molecule has 0 radical (unpaired) electrons. The first-order valence-corrected chi connectivity index (χ1v) is 5.02. The molecule has 4 heteroatoms. The van der Waals surface area contributed by atoms with E-state index in [1.807, 2.05) is 18.2 Å².